The van der Waals surface area contributed by atoms with Gasteiger partial charge in [0.05, 0.1) is 12.2 Å². The van der Waals surface area contributed by atoms with Crippen molar-refractivity contribution in [2.24, 2.45) is 17.8 Å². The summed E-state index contributed by atoms with van der Waals surface area (Å²) < 4.78 is 0. The van der Waals surface area contributed by atoms with Crippen molar-refractivity contribution in [2.45, 2.75) is 76.9 Å². The van der Waals surface area contributed by atoms with Crippen LogP contribution in [-0.4, -0.2) is 22.4 Å². The molecule has 0 amide bonds. The Labute approximate surface area is 105 Å². The molecule has 0 aromatic carbocycles. The summed E-state index contributed by atoms with van der Waals surface area (Å²) in [6.07, 6.45) is 9.78. The number of rotatable bonds is 3. The molecule has 0 aliphatic heterocycles. The van der Waals surface area contributed by atoms with Gasteiger partial charge < -0.3 is 10.2 Å². The van der Waals surface area contributed by atoms with Gasteiger partial charge in [0, 0.05) is 0 Å². The Hall–Kier alpha value is -0.0800. The molecule has 0 aromatic heterocycles. The molecule has 2 N–H and O–H groups in total. The zero-order chi connectivity index (χ0) is 12.3. The van der Waals surface area contributed by atoms with Crippen molar-refractivity contribution in [1.82, 2.24) is 0 Å². The first-order valence-electron chi connectivity index (χ1n) is 7.54. The Morgan fingerprint density at radius 1 is 0.765 bits per heavy atom. The van der Waals surface area contributed by atoms with E-state index in [1.807, 2.05) is 0 Å². The second kappa shape index (κ2) is 6.19. The van der Waals surface area contributed by atoms with E-state index in [1.54, 1.807) is 0 Å². The predicted octanol–water partition coefficient (Wildman–Crippen LogP) is 3.11. The van der Waals surface area contributed by atoms with Gasteiger partial charge in [-0.05, 0) is 43.4 Å². The lowest BCUT2D eigenvalue weighted by atomic mass is 9.74. The lowest BCUT2D eigenvalue weighted by molar-refractivity contribution is -0.0660. The molecule has 4 unspecified atom stereocenters. The second-order valence-electron chi connectivity index (χ2n) is 6.41. The molecule has 4 atom stereocenters. The SMILES string of the molecule is CC1CCCC(C(O)C(O)C2CCCCC2)C1. The van der Waals surface area contributed by atoms with E-state index < -0.39 is 12.2 Å². The Bertz CT molecular complexity index is 223. The molecule has 2 heteroatoms. The molecular formula is C15H28O2. The first-order valence-corrected chi connectivity index (χ1v) is 7.54. The maximum Gasteiger partial charge on any atom is 0.0830 e. The average molecular weight is 240 g/mol. The summed E-state index contributed by atoms with van der Waals surface area (Å²) in [4.78, 5) is 0. The highest BCUT2D eigenvalue weighted by Crippen LogP contribution is 2.35. The van der Waals surface area contributed by atoms with E-state index >= 15 is 0 Å². The van der Waals surface area contributed by atoms with Gasteiger partial charge in [-0.25, -0.2) is 0 Å². The van der Waals surface area contributed by atoms with Crippen LogP contribution in [-0.2, 0) is 0 Å². The van der Waals surface area contributed by atoms with E-state index in [0.29, 0.717) is 11.8 Å². The maximum absolute atomic E-state index is 10.4. The largest absolute Gasteiger partial charge is 0.390 e. The molecule has 0 heterocycles. The van der Waals surface area contributed by atoms with Gasteiger partial charge in [0.25, 0.3) is 0 Å². The Kier molecular flexibility index (Phi) is 4.87. The van der Waals surface area contributed by atoms with Crippen molar-refractivity contribution in [3.63, 3.8) is 0 Å². The monoisotopic (exact) mass is 240 g/mol. The molecule has 2 aliphatic carbocycles. The minimum absolute atomic E-state index is 0.343. The third-order valence-electron chi connectivity index (χ3n) is 4.94. The van der Waals surface area contributed by atoms with Gasteiger partial charge in [0.1, 0.15) is 0 Å². The molecule has 0 radical (unpaired) electrons. The first-order chi connectivity index (χ1) is 8.18. The summed E-state index contributed by atoms with van der Waals surface area (Å²) in [6.45, 7) is 2.27. The molecule has 0 aromatic rings. The van der Waals surface area contributed by atoms with E-state index in [4.69, 9.17) is 0 Å². The second-order valence-corrected chi connectivity index (χ2v) is 6.41. The zero-order valence-electron chi connectivity index (χ0n) is 11.1. The molecule has 17 heavy (non-hydrogen) atoms. The fourth-order valence-electron chi connectivity index (χ4n) is 3.82. The van der Waals surface area contributed by atoms with Crippen LogP contribution in [0, 0.1) is 17.8 Å². The summed E-state index contributed by atoms with van der Waals surface area (Å²) in [5.41, 5.74) is 0. The van der Waals surface area contributed by atoms with Gasteiger partial charge >= 0.3 is 0 Å². The van der Waals surface area contributed by atoms with Gasteiger partial charge in [0.2, 0.25) is 0 Å². The molecule has 2 nitrogen and oxygen atoms in total. The summed E-state index contributed by atoms with van der Waals surface area (Å²) >= 11 is 0. The van der Waals surface area contributed by atoms with Crippen LogP contribution in [0.3, 0.4) is 0 Å². The Morgan fingerprint density at radius 2 is 1.35 bits per heavy atom. The standard InChI is InChI=1S/C15H28O2/c1-11-6-5-9-13(10-11)15(17)14(16)12-7-3-2-4-8-12/h11-17H,2-10H2,1H3. The Morgan fingerprint density at radius 3 is 2.00 bits per heavy atom. The molecule has 2 aliphatic rings. The number of hydrogen-bond acceptors (Lipinski definition) is 2. The third kappa shape index (κ3) is 3.45. The molecule has 2 rings (SSSR count). The number of aliphatic hydroxyl groups excluding tert-OH is 2. The minimum Gasteiger partial charge on any atom is -0.390 e. The van der Waals surface area contributed by atoms with Crippen LogP contribution >= 0.6 is 0 Å². The van der Waals surface area contributed by atoms with Crippen LogP contribution in [0.25, 0.3) is 0 Å². The van der Waals surface area contributed by atoms with E-state index in [-0.39, 0.29) is 0 Å². The quantitative estimate of drug-likeness (QED) is 0.795. The molecule has 0 spiro atoms. The smallest absolute Gasteiger partial charge is 0.0830 e. The van der Waals surface area contributed by atoms with Crippen molar-refractivity contribution in [3.8, 4) is 0 Å². The van der Waals surface area contributed by atoms with Crippen molar-refractivity contribution in [1.29, 1.82) is 0 Å². The van der Waals surface area contributed by atoms with E-state index in [1.165, 1.54) is 32.1 Å². The van der Waals surface area contributed by atoms with Gasteiger partial charge in [-0.15, -0.1) is 0 Å². The van der Waals surface area contributed by atoms with E-state index in [0.717, 1.165) is 31.6 Å². The molecule has 0 saturated heterocycles. The molecule has 100 valence electrons. The normalized spacial score (nSPS) is 35.5. The van der Waals surface area contributed by atoms with Gasteiger partial charge in [-0.1, -0.05) is 39.0 Å². The first kappa shape index (κ1) is 13.4. The summed E-state index contributed by atoms with van der Waals surface area (Å²) in [7, 11) is 0. The topological polar surface area (TPSA) is 40.5 Å². The fraction of sp³-hybridized carbons (Fsp3) is 1.00. The highest BCUT2D eigenvalue weighted by molar-refractivity contribution is 4.85. The van der Waals surface area contributed by atoms with Crippen LogP contribution in [0.4, 0.5) is 0 Å². The fourth-order valence-corrected chi connectivity index (χ4v) is 3.82. The highest BCUT2D eigenvalue weighted by Gasteiger charge is 2.34. The van der Waals surface area contributed by atoms with Crippen molar-refractivity contribution >= 4 is 0 Å². The molecule has 2 saturated carbocycles. The third-order valence-corrected chi connectivity index (χ3v) is 4.94. The van der Waals surface area contributed by atoms with Crippen LogP contribution in [0.5, 0.6) is 0 Å². The molecular weight excluding hydrogens is 212 g/mol. The van der Waals surface area contributed by atoms with Crippen LogP contribution in [0.15, 0.2) is 0 Å². The summed E-state index contributed by atoms with van der Waals surface area (Å²) in [5, 5.41) is 20.7. The van der Waals surface area contributed by atoms with Gasteiger partial charge in [-0.3, -0.25) is 0 Å². The average Bonchev–Trinajstić information content (AvgIpc) is 2.38. The lowest BCUT2D eigenvalue weighted by Crippen LogP contribution is -2.41. The Balaban J connectivity index is 1.86. The maximum atomic E-state index is 10.4. The predicted molar refractivity (Wildman–Crippen MR) is 69.7 cm³/mol. The van der Waals surface area contributed by atoms with Crippen molar-refractivity contribution in [3.05, 3.63) is 0 Å². The van der Waals surface area contributed by atoms with E-state index in [2.05, 4.69) is 6.92 Å². The van der Waals surface area contributed by atoms with Crippen LogP contribution in [0.2, 0.25) is 0 Å². The van der Waals surface area contributed by atoms with Crippen molar-refractivity contribution < 1.29 is 10.2 Å². The number of aliphatic hydroxyl groups is 2. The van der Waals surface area contributed by atoms with Crippen LogP contribution in [0.1, 0.15) is 64.7 Å². The van der Waals surface area contributed by atoms with Gasteiger partial charge in [-0.2, -0.15) is 0 Å². The van der Waals surface area contributed by atoms with E-state index in [9.17, 15) is 10.2 Å². The summed E-state index contributed by atoms with van der Waals surface area (Å²) in [5.74, 6) is 1.42. The van der Waals surface area contributed by atoms with Crippen LogP contribution < -0.4 is 0 Å². The highest BCUT2D eigenvalue weighted by atomic mass is 16.3. The zero-order valence-corrected chi connectivity index (χ0v) is 11.1. The minimum atomic E-state index is -0.471. The number of hydrogen-bond donors (Lipinski definition) is 2. The van der Waals surface area contributed by atoms with Gasteiger partial charge in [0.15, 0.2) is 0 Å². The lowest BCUT2D eigenvalue weighted by Gasteiger charge is -2.36. The van der Waals surface area contributed by atoms with Crippen molar-refractivity contribution in [2.75, 3.05) is 0 Å². The molecule has 2 fully saturated rings. The molecule has 0 bridgehead atoms. The summed E-state index contributed by atoms with van der Waals surface area (Å²) in [6, 6.07) is 0.